The number of carbonyl (C=O) groups is 1. The summed E-state index contributed by atoms with van der Waals surface area (Å²) in [5.74, 6) is -0.431. The number of hydrogen-bond donors (Lipinski definition) is 2. The zero-order chi connectivity index (χ0) is 22.9. The monoisotopic (exact) mass is 439 g/mol. The Hall–Kier alpha value is -3.62. The predicted molar refractivity (Wildman–Crippen MR) is 116 cm³/mol. The van der Waals surface area contributed by atoms with Crippen LogP contribution < -0.4 is 5.32 Å². The molecule has 1 aromatic carbocycles. The molecule has 3 aromatic rings. The van der Waals surface area contributed by atoms with Crippen LogP contribution in [0.3, 0.4) is 0 Å². The fourth-order valence-corrected chi connectivity index (χ4v) is 3.93. The molecular weight excluding hydrogens is 416 g/mol. The first-order valence-corrected chi connectivity index (χ1v) is 10.2. The van der Waals surface area contributed by atoms with Gasteiger partial charge in [0.05, 0.1) is 17.0 Å². The van der Waals surface area contributed by atoms with Gasteiger partial charge in [0.2, 0.25) is 0 Å². The molecule has 0 atom stereocenters. The first-order chi connectivity index (χ1) is 15.3. The van der Waals surface area contributed by atoms with Crippen molar-refractivity contribution in [2.45, 2.75) is 24.4 Å². The van der Waals surface area contributed by atoms with E-state index in [1.54, 1.807) is 38.4 Å². The molecule has 7 nitrogen and oxygen atoms in total. The molecule has 2 heterocycles. The minimum absolute atomic E-state index is 0.114. The summed E-state index contributed by atoms with van der Waals surface area (Å²) in [5.41, 5.74) is 0.832. The third-order valence-corrected chi connectivity index (χ3v) is 5.69. The number of rotatable bonds is 6. The maximum Gasteiger partial charge on any atom is 0.257 e. The summed E-state index contributed by atoms with van der Waals surface area (Å²) in [4.78, 5) is 17.8. The van der Waals surface area contributed by atoms with Crippen LogP contribution in [-0.4, -0.2) is 57.9 Å². The van der Waals surface area contributed by atoms with Crippen molar-refractivity contribution in [1.29, 1.82) is 0 Å². The van der Waals surface area contributed by atoms with Crippen molar-refractivity contribution >= 4 is 11.7 Å². The van der Waals surface area contributed by atoms with Crippen LogP contribution in [0.4, 0.5) is 14.6 Å². The third kappa shape index (κ3) is 4.10. The highest BCUT2D eigenvalue weighted by molar-refractivity contribution is 5.97. The Morgan fingerprint density at radius 2 is 2.00 bits per heavy atom. The SMILES string of the molecule is CN(C)C(=O)c1cc(-c2ccc(NC[C@]3(c4ncccc4F)C[C@H](F)C3)nn2)ccc1O. The fourth-order valence-electron chi connectivity index (χ4n) is 3.93. The molecule has 0 unspecified atom stereocenters. The number of carbonyl (C=O) groups excluding carboxylic acids is 1. The molecule has 0 saturated heterocycles. The molecule has 2 aromatic heterocycles. The van der Waals surface area contributed by atoms with Crippen LogP contribution in [0.15, 0.2) is 48.7 Å². The maximum absolute atomic E-state index is 14.3. The number of nitrogens with zero attached hydrogens (tertiary/aromatic N) is 4. The number of alkyl halides is 1. The van der Waals surface area contributed by atoms with Gasteiger partial charge in [0.1, 0.15) is 23.6 Å². The van der Waals surface area contributed by atoms with Crippen molar-refractivity contribution in [2.75, 3.05) is 26.0 Å². The number of benzene rings is 1. The second kappa shape index (κ2) is 8.49. The summed E-state index contributed by atoms with van der Waals surface area (Å²) in [7, 11) is 3.21. The van der Waals surface area contributed by atoms with Crippen LogP contribution >= 0.6 is 0 Å². The molecule has 0 radical (unpaired) electrons. The van der Waals surface area contributed by atoms with Crippen LogP contribution in [-0.2, 0) is 5.41 Å². The Kier molecular flexibility index (Phi) is 5.73. The van der Waals surface area contributed by atoms with Crippen LogP contribution in [0, 0.1) is 5.82 Å². The van der Waals surface area contributed by atoms with Gasteiger partial charge in [-0.3, -0.25) is 9.78 Å². The zero-order valence-corrected chi connectivity index (χ0v) is 17.7. The van der Waals surface area contributed by atoms with Crippen molar-refractivity contribution in [3.63, 3.8) is 0 Å². The lowest BCUT2D eigenvalue weighted by Crippen LogP contribution is -2.49. The van der Waals surface area contributed by atoms with E-state index >= 15 is 0 Å². The molecular formula is C23H23F2N5O2. The van der Waals surface area contributed by atoms with Gasteiger partial charge in [-0.15, -0.1) is 10.2 Å². The largest absolute Gasteiger partial charge is 0.507 e. The molecule has 1 aliphatic rings. The summed E-state index contributed by atoms with van der Waals surface area (Å²) < 4.78 is 28.0. The van der Waals surface area contributed by atoms with Crippen molar-refractivity contribution in [1.82, 2.24) is 20.1 Å². The number of phenolic OH excluding ortho intramolecular Hbond substituents is 1. The minimum Gasteiger partial charge on any atom is -0.507 e. The highest BCUT2D eigenvalue weighted by atomic mass is 19.1. The number of pyridine rings is 1. The summed E-state index contributed by atoms with van der Waals surface area (Å²) in [6.07, 6.45) is 0.902. The van der Waals surface area contributed by atoms with E-state index in [4.69, 9.17) is 0 Å². The lowest BCUT2D eigenvalue weighted by molar-refractivity contribution is 0.0824. The predicted octanol–water partition coefficient (Wildman–Crippen LogP) is 3.57. The quantitative estimate of drug-likeness (QED) is 0.610. The van der Waals surface area contributed by atoms with Crippen molar-refractivity contribution in [3.8, 4) is 17.0 Å². The zero-order valence-electron chi connectivity index (χ0n) is 17.7. The van der Waals surface area contributed by atoms with Gasteiger partial charge in [0, 0.05) is 37.8 Å². The average Bonchev–Trinajstić information content (AvgIpc) is 2.76. The highest BCUT2D eigenvalue weighted by Crippen LogP contribution is 2.45. The molecule has 1 aliphatic carbocycles. The first kappa shape index (κ1) is 21.6. The van der Waals surface area contributed by atoms with Gasteiger partial charge in [0.25, 0.3) is 5.91 Å². The van der Waals surface area contributed by atoms with E-state index in [-0.39, 0.29) is 42.3 Å². The van der Waals surface area contributed by atoms with Gasteiger partial charge in [-0.05, 0) is 55.3 Å². The van der Waals surface area contributed by atoms with E-state index < -0.39 is 17.4 Å². The molecule has 2 N–H and O–H groups in total. The van der Waals surface area contributed by atoms with E-state index in [0.717, 1.165) is 0 Å². The molecule has 4 rings (SSSR count). The number of aromatic hydroxyl groups is 1. The number of anilines is 1. The number of hydrogen-bond acceptors (Lipinski definition) is 6. The Bertz CT molecular complexity index is 1130. The fraction of sp³-hybridized carbons (Fsp3) is 0.304. The van der Waals surface area contributed by atoms with Gasteiger partial charge < -0.3 is 15.3 Å². The number of amides is 1. The van der Waals surface area contributed by atoms with Crippen LogP contribution in [0.2, 0.25) is 0 Å². The number of halogens is 2. The standard InChI is InChI=1S/C23H23F2N5O2/c1-30(2)22(32)16-10-14(5-7-19(16)31)18-6-8-20(29-28-18)27-13-23(11-15(24)12-23)21-17(25)4-3-9-26-21/h3-10,15,31H,11-13H2,1-2H3,(H,27,29)/t15-,23-. The molecule has 1 saturated carbocycles. The second-order valence-electron chi connectivity index (χ2n) is 8.21. The van der Waals surface area contributed by atoms with Gasteiger partial charge in [0.15, 0.2) is 0 Å². The molecule has 0 spiro atoms. The van der Waals surface area contributed by atoms with Gasteiger partial charge >= 0.3 is 0 Å². The summed E-state index contributed by atoms with van der Waals surface area (Å²) >= 11 is 0. The molecule has 32 heavy (non-hydrogen) atoms. The molecule has 166 valence electrons. The highest BCUT2D eigenvalue weighted by Gasteiger charge is 2.48. The van der Waals surface area contributed by atoms with Gasteiger partial charge in [-0.2, -0.15) is 0 Å². The summed E-state index contributed by atoms with van der Waals surface area (Å²) in [6.45, 7) is 0.274. The van der Waals surface area contributed by atoms with E-state index in [2.05, 4.69) is 20.5 Å². The number of phenols is 1. The molecule has 1 fully saturated rings. The number of nitrogens with one attached hydrogen (secondary N) is 1. The summed E-state index contributed by atoms with van der Waals surface area (Å²) in [5, 5.41) is 21.5. The Labute approximate surface area is 184 Å². The molecule has 0 aliphatic heterocycles. The van der Waals surface area contributed by atoms with Gasteiger partial charge in [-0.25, -0.2) is 8.78 Å². The Morgan fingerprint density at radius 3 is 2.62 bits per heavy atom. The lowest BCUT2D eigenvalue weighted by atomic mass is 9.65. The van der Waals surface area contributed by atoms with Crippen LogP contribution in [0.1, 0.15) is 28.9 Å². The Balaban J connectivity index is 1.51. The van der Waals surface area contributed by atoms with Gasteiger partial charge in [-0.1, -0.05) is 0 Å². The normalized spacial score (nSPS) is 19.8. The van der Waals surface area contributed by atoms with Crippen LogP contribution in [0.5, 0.6) is 5.75 Å². The first-order valence-electron chi connectivity index (χ1n) is 10.2. The molecule has 9 heteroatoms. The average molecular weight is 439 g/mol. The maximum atomic E-state index is 14.3. The van der Waals surface area contributed by atoms with E-state index in [1.165, 1.54) is 29.3 Å². The smallest absolute Gasteiger partial charge is 0.257 e. The Morgan fingerprint density at radius 1 is 1.22 bits per heavy atom. The van der Waals surface area contributed by atoms with Crippen molar-refractivity contribution in [2.24, 2.45) is 0 Å². The van der Waals surface area contributed by atoms with E-state index in [9.17, 15) is 18.7 Å². The lowest BCUT2D eigenvalue weighted by Gasteiger charge is -2.44. The topological polar surface area (TPSA) is 91.2 Å². The van der Waals surface area contributed by atoms with Crippen molar-refractivity contribution < 1.29 is 18.7 Å². The second-order valence-corrected chi connectivity index (χ2v) is 8.21. The number of aromatic nitrogens is 3. The minimum atomic E-state index is -0.986. The van der Waals surface area contributed by atoms with Crippen LogP contribution in [0.25, 0.3) is 11.3 Å². The van der Waals surface area contributed by atoms with E-state index in [1.807, 2.05) is 0 Å². The molecule has 0 bridgehead atoms. The summed E-state index contributed by atoms with van der Waals surface area (Å²) in [6, 6.07) is 10.9. The molecule has 1 amide bonds. The van der Waals surface area contributed by atoms with Crippen molar-refractivity contribution in [3.05, 3.63) is 65.7 Å². The van der Waals surface area contributed by atoms with E-state index in [0.29, 0.717) is 17.1 Å². The third-order valence-electron chi connectivity index (χ3n) is 5.69.